The first-order valence-corrected chi connectivity index (χ1v) is 17.7. The Hall–Kier alpha value is -0.786. The first-order valence-electron chi connectivity index (χ1n) is 10.3. The molecule has 1 saturated heterocycles. The van der Waals surface area contributed by atoms with Crippen LogP contribution in [0.25, 0.3) is 0 Å². The maximum atomic E-state index is 6.24. The maximum absolute atomic E-state index is 6.24. The minimum Gasteiger partial charge on any atom is -0.399 e. The normalized spacial score (nSPS) is 18.5. The molecule has 1 aliphatic rings. The zero-order chi connectivity index (χ0) is 19.4. The standard InChI is InChI=1S/C21H40N2OSi2/c1-25(2,3)14-7-13-24-20-10-12-23(17-20)19-8-9-21(22)18(16-19)11-15-26(4,5)6/h8-9,16,20H,7,10-15,17,22H2,1-6H3. The average molecular weight is 393 g/mol. The number of hydrogen-bond acceptors (Lipinski definition) is 3. The molecule has 1 aromatic rings. The molecule has 0 aliphatic carbocycles. The molecule has 0 aromatic heterocycles. The van der Waals surface area contributed by atoms with Crippen molar-refractivity contribution in [1.82, 2.24) is 0 Å². The Labute approximate surface area is 163 Å². The Morgan fingerprint density at radius 1 is 1.08 bits per heavy atom. The lowest BCUT2D eigenvalue weighted by molar-refractivity contribution is 0.0686. The van der Waals surface area contributed by atoms with Crippen molar-refractivity contribution in [3.8, 4) is 0 Å². The molecule has 0 saturated carbocycles. The highest BCUT2D eigenvalue weighted by Crippen LogP contribution is 2.27. The fourth-order valence-electron chi connectivity index (χ4n) is 3.47. The topological polar surface area (TPSA) is 38.5 Å². The predicted molar refractivity (Wildman–Crippen MR) is 122 cm³/mol. The van der Waals surface area contributed by atoms with Crippen LogP contribution in [-0.2, 0) is 11.2 Å². The molecule has 148 valence electrons. The number of anilines is 2. The molecule has 3 nitrogen and oxygen atoms in total. The van der Waals surface area contributed by atoms with Gasteiger partial charge in [0, 0.05) is 47.2 Å². The van der Waals surface area contributed by atoms with Gasteiger partial charge in [0.05, 0.1) is 6.10 Å². The molecule has 26 heavy (non-hydrogen) atoms. The van der Waals surface area contributed by atoms with Crippen molar-refractivity contribution >= 4 is 27.5 Å². The SMILES string of the molecule is C[Si](C)(C)CCCOC1CCN(c2ccc(N)c(CC[Si](C)(C)C)c2)C1. The summed E-state index contributed by atoms with van der Waals surface area (Å²) in [5.74, 6) is 0. The van der Waals surface area contributed by atoms with Crippen LogP contribution >= 0.6 is 0 Å². The summed E-state index contributed by atoms with van der Waals surface area (Å²) in [6.07, 6.45) is 3.86. The lowest BCUT2D eigenvalue weighted by atomic mass is 10.1. The fraction of sp³-hybridized carbons (Fsp3) is 0.714. The smallest absolute Gasteiger partial charge is 0.0766 e. The van der Waals surface area contributed by atoms with Crippen LogP contribution in [0.1, 0.15) is 18.4 Å². The average Bonchev–Trinajstić information content (AvgIpc) is 2.98. The predicted octanol–water partition coefficient (Wildman–Crippen LogP) is 5.47. The highest BCUT2D eigenvalue weighted by molar-refractivity contribution is 6.76. The minimum atomic E-state index is -1.04. The third kappa shape index (κ3) is 7.45. The van der Waals surface area contributed by atoms with Crippen LogP contribution in [0.15, 0.2) is 18.2 Å². The van der Waals surface area contributed by atoms with E-state index >= 15 is 0 Å². The van der Waals surface area contributed by atoms with E-state index in [0.717, 1.165) is 38.2 Å². The number of nitrogen functional groups attached to an aromatic ring is 1. The molecule has 2 rings (SSSR count). The summed E-state index contributed by atoms with van der Waals surface area (Å²) in [4.78, 5) is 2.47. The van der Waals surface area contributed by atoms with Crippen LogP contribution in [0.4, 0.5) is 11.4 Å². The molecule has 1 aliphatic heterocycles. The third-order valence-corrected chi connectivity index (χ3v) is 8.81. The van der Waals surface area contributed by atoms with Gasteiger partial charge in [0.2, 0.25) is 0 Å². The van der Waals surface area contributed by atoms with Gasteiger partial charge in [0.15, 0.2) is 0 Å². The fourth-order valence-corrected chi connectivity index (χ4v) is 5.69. The number of benzene rings is 1. The second kappa shape index (κ2) is 8.94. The minimum absolute atomic E-state index is 0.389. The van der Waals surface area contributed by atoms with Crippen molar-refractivity contribution < 1.29 is 4.74 Å². The Kier molecular flexibility index (Phi) is 7.39. The lowest BCUT2D eigenvalue weighted by Crippen LogP contribution is -2.24. The molecular formula is C21H40N2OSi2. The van der Waals surface area contributed by atoms with E-state index in [1.54, 1.807) is 0 Å². The summed E-state index contributed by atoms with van der Waals surface area (Å²) in [5, 5.41) is 0. The summed E-state index contributed by atoms with van der Waals surface area (Å²) in [6.45, 7) is 17.6. The third-order valence-electron chi connectivity index (χ3n) is 5.21. The van der Waals surface area contributed by atoms with Gasteiger partial charge in [-0.15, -0.1) is 0 Å². The molecular weight excluding hydrogens is 352 g/mol. The summed E-state index contributed by atoms with van der Waals surface area (Å²) >= 11 is 0. The summed E-state index contributed by atoms with van der Waals surface area (Å²) in [5.41, 5.74) is 9.83. The van der Waals surface area contributed by atoms with E-state index < -0.39 is 16.1 Å². The first-order chi connectivity index (χ1) is 12.0. The van der Waals surface area contributed by atoms with Gasteiger partial charge in [-0.1, -0.05) is 51.4 Å². The van der Waals surface area contributed by atoms with Gasteiger partial charge in [-0.25, -0.2) is 0 Å². The van der Waals surface area contributed by atoms with Crippen molar-refractivity contribution in [2.24, 2.45) is 0 Å². The van der Waals surface area contributed by atoms with Crippen LogP contribution in [0.5, 0.6) is 0 Å². The number of nitrogens with two attached hydrogens (primary N) is 1. The van der Waals surface area contributed by atoms with Crippen molar-refractivity contribution in [3.05, 3.63) is 23.8 Å². The molecule has 1 atom stereocenters. The molecule has 5 heteroatoms. The molecule has 0 bridgehead atoms. The Morgan fingerprint density at radius 3 is 2.42 bits per heavy atom. The van der Waals surface area contributed by atoms with E-state index in [1.165, 1.54) is 29.8 Å². The number of aryl methyl sites for hydroxylation is 1. The van der Waals surface area contributed by atoms with Crippen LogP contribution in [0.2, 0.25) is 51.4 Å². The van der Waals surface area contributed by atoms with E-state index in [2.05, 4.69) is 62.4 Å². The second-order valence-corrected chi connectivity index (χ2v) is 21.6. The van der Waals surface area contributed by atoms with E-state index in [1.807, 2.05) is 0 Å². The zero-order valence-corrected chi connectivity index (χ0v) is 19.9. The summed E-state index contributed by atoms with van der Waals surface area (Å²) < 4.78 is 6.16. The van der Waals surface area contributed by atoms with Crippen molar-refractivity contribution in [1.29, 1.82) is 0 Å². The van der Waals surface area contributed by atoms with Crippen molar-refractivity contribution in [3.63, 3.8) is 0 Å². The number of rotatable bonds is 9. The Bertz CT molecular complexity index is 578. The van der Waals surface area contributed by atoms with Gasteiger partial charge < -0.3 is 15.4 Å². The quantitative estimate of drug-likeness (QED) is 0.344. The monoisotopic (exact) mass is 392 g/mol. The van der Waals surface area contributed by atoms with Crippen molar-refractivity contribution in [2.75, 3.05) is 30.3 Å². The van der Waals surface area contributed by atoms with Gasteiger partial charge in [0.1, 0.15) is 0 Å². The van der Waals surface area contributed by atoms with E-state index in [-0.39, 0.29) is 0 Å². The summed E-state index contributed by atoms with van der Waals surface area (Å²) in [7, 11) is -1.97. The highest BCUT2D eigenvalue weighted by Gasteiger charge is 2.24. The van der Waals surface area contributed by atoms with Crippen LogP contribution in [0, 0.1) is 0 Å². The van der Waals surface area contributed by atoms with Gasteiger partial charge in [-0.05, 0) is 43.0 Å². The molecule has 1 unspecified atom stereocenters. The molecule has 0 amide bonds. The molecule has 1 heterocycles. The maximum Gasteiger partial charge on any atom is 0.0766 e. The van der Waals surface area contributed by atoms with Crippen molar-refractivity contribution in [2.45, 2.75) is 76.7 Å². The van der Waals surface area contributed by atoms with Crippen LogP contribution < -0.4 is 10.6 Å². The van der Waals surface area contributed by atoms with Gasteiger partial charge >= 0.3 is 0 Å². The number of nitrogens with zero attached hydrogens (tertiary/aromatic N) is 1. The Morgan fingerprint density at radius 2 is 1.77 bits per heavy atom. The largest absolute Gasteiger partial charge is 0.399 e. The number of hydrogen-bond donors (Lipinski definition) is 1. The van der Waals surface area contributed by atoms with Crippen LogP contribution in [0.3, 0.4) is 0 Å². The second-order valence-electron chi connectivity index (χ2n) is 10.3. The van der Waals surface area contributed by atoms with E-state index in [4.69, 9.17) is 10.5 Å². The van der Waals surface area contributed by atoms with E-state index in [9.17, 15) is 0 Å². The van der Waals surface area contributed by atoms with Gasteiger partial charge in [-0.3, -0.25) is 0 Å². The first kappa shape index (κ1) is 21.5. The molecule has 0 spiro atoms. The van der Waals surface area contributed by atoms with Gasteiger partial charge in [0.25, 0.3) is 0 Å². The molecule has 1 fully saturated rings. The Balaban J connectivity index is 1.86. The van der Waals surface area contributed by atoms with Gasteiger partial charge in [-0.2, -0.15) is 0 Å². The summed E-state index contributed by atoms with van der Waals surface area (Å²) in [6, 6.07) is 9.26. The van der Waals surface area contributed by atoms with Crippen LogP contribution in [-0.4, -0.2) is 41.9 Å². The lowest BCUT2D eigenvalue weighted by Gasteiger charge is -2.22. The highest BCUT2D eigenvalue weighted by atomic mass is 28.3. The molecule has 1 aromatic carbocycles. The molecule has 0 radical (unpaired) electrons. The van der Waals surface area contributed by atoms with E-state index in [0.29, 0.717) is 6.10 Å². The zero-order valence-electron chi connectivity index (χ0n) is 17.9. The number of ether oxygens (including phenoxy) is 1. The molecule has 2 N–H and O–H groups in total.